The molecule has 0 spiro atoms. The molecule has 9 heteroatoms. The second-order valence-corrected chi connectivity index (χ2v) is 6.03. The van der Waals surface area contributed by atoms with E-state index in [4.69, 9.17) is 4.74 Å². The van der Waals surface area contributed by atoms with Crippen molar-refractivity contribution < 1.29 is 19.1 Å². The number of H-pyrrole nitrogens is 1. The van der Waals surface area contributed by atoms with Gasteiger partial charge < -0.3 is 10.1 Å². The number of benzene rings is 1. The smallest absolute Gasteiger partial charge is 0.359 e. The zero-order valence-corrected chi connectivity index (χ0v) is 13.9. The molecule has 1 aliphatic carbocycles. The van der Waals surface area contributed by atoms with Crippen LogP contribution in [-0.4, -0.2) is 40.8 Å². The van der Waals surface area contributed by atoms with Crippen molar-refractivity contribution in [3.8, 4) is 0 Å². The summed E-state index contributed by atoms with van der Waals surface area (Å²) in [4.78, 5) is 47.3. The van der Waals surface area contributed by atoms with Gasteiger partial charge in [-0.15, -0.1) is 0 Å². The third-order valence-electron chi connectivity index (χ3n) is 4.17. The molecule has 3 N–H and O–H groups in total. The number of rotatable bonds is 4. The van der Waals surface area contributed by atoms with E-state index in [0.29, 0.717) is 5.39 Å². The van der Waals surface area contributed by atoms with Crippen LogP contribution in [-0.2, 0) is 9.53 Å². The Kier molecular flexibility index (Phi) is 5.26. The van der Waals surface area contributed by atoms with E-state index in [9.17, 15) is 19.2 Å². The SMILES string of the molecule is O=C(COC(=O)c1n[nH]c(=O)c2ccccc12)NC(=O)NC1CCCC1. The molecule has 3 amide bonds. The summed E-state index contributed by atoms with van der Waals surface area (Å²) in [5.41, 5.74) is -0.540. The molecule has 1 aromatic carbocycles. The van der Waals surface area contributed by atoms with Crippen molar-refractivity contribution in [2.45, 2.75) is 31.7 Å². The average Bonchev–Trinajstić information content (AvgIpc) is 3.13. The Hall–Kier alpha value is -3.23. The summed E-state index contributed by atoms with van der Waals surface area (Å²) in [5, 5.41) is 11.3. The van der Waals surface area contributed by atoms with Gasteiger partial charge >= 0.3 is 12.0 Å². The first-order valence-electron chi connectivity index (χ1n) is 8.29. The van der Waals surface area contributed by atoms with Gasteiger partial charge in [0.15, 0.2) is 12.3 Å². The predicted molar refractivity (Wildman–Crippen MR) is 91.6 cm³/mol. The molecule has 1 fully saturated rings. The Labute approximate surface area is 148 Å². The topological polar surface area (TPSA) is 130 Å². The number of urea groups is 1. The van der Waals surface area contributed by atoms with Crippen LogP contribution < -0.4 is 16.2 Å². The zero-order valence-electron chi connectivity index (χ0n) is 13.9. The highest BCUT2D eigenvalue weighted by Crippen LogP contribution is 2.17. The van der Waals surface area contributed by atoms with Crippen molar-refractivity contribution in [1.82, 2.24) is 20.8 Å². The molecule has 1 aliphatic rings. The van der Waals surface area contributed by atoms with Crippen LogP contribution in [0, 0.1) is 0 Å². The number of hydrogen-bond donors (Lipinski definition) is 3. The van der Waals surface area contributed by atoms with Crippen molar-refractivity contribution in [3.63, 3.8) is 0 Å². The number of fused-ring (bicyclic) bond motifs is 1. The molecule has 0 unspecified atom stereocenters. The summed E-state index contributed by atoms with van der Waals surface area (Å²) in [5.74, 6) is -1.62. The first-order valence-corrected chi connectivity index (χ1v) is 8.29. The monoisotopic (exact) mass is 358 g/mol. The molecule has 1 saturated carbocycles. The van der Waals surface area contributed by atoms with Crippen molar-refractivity contribution in [1.29, 1.82) is 0 Å². The molecule has 0 atom stereocenters. The third kappa shape index (κ3) is 4.05. The number of nitrogens with one attached hydrogen (secondary N) is 3. The van der Waals surface area contributed by atoms with Crippen LogP contribution in [0.5, 0.6) is 0 Å². The molecule has 0 radical (unpaired) electrons. The van der Waals surface area contributed by atoms with Crippen LogP contribution in [0.25, 0.3) is 10.8 Å². The van der Waals surface area contributed by atoms with E-state index >= 15 is 0 Å². The lowest BCUT2D eigenvalue weighted by atomic mass is 10.1. The van der Waals surface area contributed by atoms with E-state index in [1.807, 2.05) is 0 Å². The van der Waals surface area contributed by atoms with E-state index in [1.165, 1.54) is 0 Å². The number of carbonyl (C=O) groups is 3. The van der Waals surface area contributed by atoms with E-state index in [-0.39, 0.29) is 17.1 Å². The molecule has 1 aromatic heterocycles. The maximum Gasteiger partial charge on any atom is 0.359 e. The highest BCUT2D eigenvalue weighted by molar-refractivity contribution is 6.03. The van der Waals surface area contributed by atoms with Crippen LogP contribution in [0.3, 0.4) is 0 Å². The Morgan fingerprint density at radius 2 is 1.85 bits per heavy atom. The van der Waals surface area contributed by atoms with E-state index in [2.05, 4.69) is 20.8 Å². The van der Waals surface area contributed by atoms with Gasteiger partial charge in [-0.1, -0.05) is 31.0 Å². The standard InChI is InChI=1S/C17H18N4O5/c22-13(19-17(25)18-10-5-1-2-6-10)9-26-16(24)14-11-7-3-4-8-12(11)15(23)21-20-14/h3-4,7-8,10H,1-2,5-6,9H2,(H,21,23)(H2,18,19,22,25). The fourth-order valence-corrected chi connectivity index (χ4v) is 2.92. The Bertz CT molecular complexity index is 901. The number of imide groups is 1. The molecule has 1 heterocycles. The molecule has 3 rings (SSSR count). The summed E-state index contributed by atoms with van der Waals surface area (Å²) in [7, 11) is 0. The number of amides is 3. The summed E-state index contributed by atoms with van der Waals surface area (Å²) >= 11 is 0. The number of aromatic nitrogens is 2. The Balaban J connectivity index is 1.57. The first-order chi connectivity index (χ1) is 12.5. The number of hydrogen-bond acceptors (Lipinski definition) is 6. The fraction of sp³-hybridized carbons (Fsp3) is 0.353. The van der Waals surface area contributed by atoms with Crippen LogP contribution in [0.4, 0.5) is 4.79 Å². The van der Waals surface area contributed by atoms with Gasteiger partial charge in [0.05, 0.1) is 5.39 Å². The Morgan fingerprint density at radius 3 is 2.58 bits per heavy atom. The Morgan fingerprint density at radius 1 is 1.15 bits per heavy atom. The van der Waals surface area contributed by atoms with Gasteiger partial charge in [-0.3, -0.25) is 14.9 Å². The molecule has 9 nitrogen and oxygen atoms in total. The minimum absolute atomic E-state index is 0.0713. The van der Waals surface area contributed by atoms with Crippen LogP contribution in [0.15, 0.2) is 29.1 Å². The van der Waals surface area contributed by atoms with E-state index < -0.39 is 30.1 Å². The molecule has 0 bridgehead atoms. The summed E-state index contributed by atoms with van der Waals surface area (Å²) in [6.07, 6.45) is 3.89. The molecule has 26 heavy (non-hydrogen) atoms. The molecular formula is C17H18N4O5. The number of aromatic amines is 1. The highest BCUT2D eigenvalue weighted by atomic mass is 16.5. The minimum Gasteiger partial charge on any atom is -0.451 e. The summed E-state index contributed by atoms with van der Waals surface area (Å²) in [6.45, 7) is -0.633. The van der Waals surface area contributed by atoms with Gasteiger partial charge in [0.2, 0.25) is 0 Å². The lowest BCUT2D eigenvalue weighted by molar-refractivity contribution is -0.123. The van der Waals surface area contributed by atoms with E-state index in [0.717, 1.165) is 25.7 Å². The van der Waals surface area contributed by atoms with E-state index in [1.54, 1.807) is 24.3 Å². The van der Waals surface area contributed by atoms with Crippen molar-refractivity contribution >= 4 is 28.7 Å². The first kappa shape index (κ1) is 17.6. The molecule has 0 aliphatic heterocycles. The van der Waals surface area contributed by atoms with Gasteiger partial charge in [-0.05, 0) is 18.9 Å². The van der Waals surface area contributed by atoms with Crippen LogP contribution >= 0.6 is 0 Å². The molecule has 2 aromatic rings. The lowest BCUT2D eigenvalue weighted by Gasteiger charge is -2.12. The molecule has 0 saturated heterocycles. The number of ether oxygens (including phenoxy) is 1. The maximum atomic E-state index is 12.2. The normalized spacial score (nSPS) is 14.2. The second-order valence-electron chi connectivity index (χ2n) is 6.03. The highest BCUT2D eigenvalue weighted by Gasteiger charge is 2.20. The quantitative estimate of drug-likeness (QED) is 0.695. The zero-order chi connectivity index (χ0) is 18.5. The summed E-state index contributed by atoms with van der Waals surface area (Å²) in [6, 6.07) is 5.88. The second kappa shape index (κ2) is 7.77. The number of nitrogens with zero attached hydrogens (tertiary/aromatic N) is 1. The fourth-order valence-electron chi connectivity index (χ4n) is 2.92. The largest absolute Gasteiger partial charge is 0.451 e. The molecule has 136 valence electrons. The minimum atomic E-state index is -0.871. The van der Waals surface area contributed by atoms with Gasteiger partial charge in [0.1, 0.15) is 0 Å². The van der Waals surface area contributed by atoms with Gasteiger partial charge in [-0.2, -0.15) is 5.10 Å². The van der Waals surface area contributed by atoms with Crippen molar-refractivity contribution in [2.24, 2.45) is 0 Å². The van der Waals surface area contributed by atoms with Gasteiger partial charge in [0, 0.05) is 11.4 Å². The average molecular weight is 358 g/mol. The number of carbonyl (C=O) groups excluding carboxylic acids is 3. The third-order valence-corrected chi connectivity index (χ3v) is 4.17. The number of esters is 1. The van der Waals surface area contributed by atoms with Crippen molar-refractivity contribution in [2.75, 3.05) is 6.61 Å². The van der Waals surface area contributed by atoms with Crippen LogP contribution in [0.1, 0.15) is 36.2 Å². The lowest BCUT2D eigenvalue weighted by Crippen LogP contribution is -2.45. The van der Waals surface area contributed by atoms with Gasteiger partial charge in [0.25, 0.3) is 11.5 Å². The van der Waals surface area contributed by atoms with Crippen LogP contribution in [0.2, 0.25) is 0 Å². The molecular weight excluding hydrogens is 340 g/mol. The predicted octanol–water partition coefficient (Wildman–Crippen LogP) is 0.848. The summed E-state index contributed by atoms with van der Waals surface area (Å²) < 4.78 is 4.89. The van der Waals surface area contributed by atoms with Gasteiger partial charge in [-0.25, -0.2) is 14.7 Å². The maximum absolute atomic E-state index is 12.2. The van der Waals surface area contributed by atoms with Crippen molar-refractivity contribution in [3.05, 3.63) is 40.3 Å².